The lowest BCUT2D eigenvalue weighted by Gasteiger charge is -2.32. The van der Waals surface area contributed by atoms with E-state index in [1.807, 2.05) is 26.8 Å². The van der Waals surface area contributed by atoms with E-state index in [1.54, 1.807) is 4.90 Å². The molecule has 0 fully saturated rings. The van der Waals surface area contributed by atoms with E-state index in [9.17, 15) is 4.79 Å². The number of nitrogens with one attached hydrogen (secondary N) is 1. The highest BCUT2D eigenvalue weighted by Gasteiger charge is 2.34. The zero-order valence-corrected chi connectivity index (χ0v) is 15.9. The number of amides is 1. The summed E-state index contributed by atoms with van der Waals surface area (Å²) in [6.45, 7) is 5.82. The number of benzene rings is 1. The molecule has 0 radical (unpaired) electrons. The largest absolute Gasteiger partial charge is 0.444 e. The number of hydrogen-bond acceptors (Lipinski definition) is 5. The zero-order valence-electron chi connectivity index (χ0n) is 14.3. The molecule has 24 heavy (non-hydrogen) atoms. The molecular weight excluding hydrogens is 372 g/mol. The number of nitrogens with two attached hydrogens (primary N) is 2. The summed E-state index contributed by atoms with van der Waals surface area (Å²) in [5, 5.41) is 0. The molecule has 0 heterocycles. The van der Waals surface area contributed by atoms with Gasteiger partial charge in [0.1, 0.15) is 5.60 Å². The van der Waals surface area contributed by atoms with Crippen molar-refractivity contribution >= 4 is 22.0 Å². The van der Waals surface area contributed by atoms with Crippen molar-refractivity contribution in [3.05, 3.63) is 45.7 Å². The summed E-state index contributed by atoms with van der Waals surface area (Å²) >= 11 is 3.50. The molecule has 2 rings (SSSR count). The monoisotopic (exact) mass is 396 g/mol. The van der Waals surface area contributed by atoms with Gasteiger partial charge in [-0.2, -0.15) is 0 Å². The number of ether oxygens (including phenoxy) is 1. The third-order valence-corrected chi connectivity index (χ3v) is 4.38. The van der Waals surface area contributed by atoms with Crippen molar-refractivity contribution in [3.8, 4) is 0 Å². The molecule has 6 nitrogen and oxygen atoms in total. The summed E-state index contributed by atoms with van der Waals surface area (Å²) in [4.78, 5) is 14.4. The van der Waals surface area contributed by atoms with Crippen molar-refractivity contribution < 1.29 is 9.53 Å². The van der Waals surface area contributed by atoms with E-state index >= 15 is 0 Å². The van der Waals surface area contributed by atoms with Gasteiger partial charge in [-0.1, -0.05) is 22.0 Å². The maximum absolute atomic E-state index is 12.7. The Morgan fingerprint density at radius 3 is 2.79 bits per heavy atom. The molecule has 1 aliphatic rings. The Balaban J connectivity index is 2.32. The van der Waals surface area contributed by atoms with E-state index in [2.05, 4.69) is 33.5 Å². The Labute approximate surface area is 151 Å². The third kappa shape index (κ3) is 4.42. The zero-order chi connectivity index (χ0) is 17.9. The highest BCUT2D eigenvalue weighted by atomic mass is 79.9. The molecule has 1 aliphatic carbocycles. The van der Waals surface area contributed by atoms with Gasteiger partial charge in [-0.25, -0.2) is 4.79 Å². The fraction of sp³-hybridized carbons (Fsp3) is 0.471. The van der Waals surface area contributed by atoms with Crippen molar-refractivity contribution in [1.82, 2.24) is 10.3 Å². The fourth-order valence-electron chi connectivity index (χ4n) is 2.84. The van der Waals surface area contributed by atoms with Gasteiger partial charge in [0.15, 0.2) is 0 Å². The van der Waals surface area contributed by atoms with Crippen LogP contribution in [0.15, 0.2) is 34.6 Å². The van der Waals surface area contributed by atoms with Gasteiger partial charge >= 0.3 is 6.09 Å². The second-order valence-electron chi connectivity index (χ2n) is 6.84. The van der Waals surface area contributed by atoms with E-state index in [0.29, 0.717) is 5.70 Å². The first-order valence-corrected chi connectivity index (χ1v) is 8.70. The molecule has 1 atom stereocenters. The van der Waals surface area contributed by atoms with Crippen LogP contribution in [0.5, 0.6) is 0 Å². The average molecular weight is 397 g/mol. The topological polar surface area (TPSA) is 93.6 Å². The normalized spacial score (nSPS) is 17.4. The second kappa shape index (κ2) is 7.44. The fourth-order valence-corrected chi connectivity index (χ4v) is 3.25. The lowest BCUT2D eigenvalue weighted by molar-refractivity contribution is 0.0176. The summed E-state index contributed by atoms with van der Waals surface area (Å²) in [6.07, 6.45) is 2.75. The first kappa shape index (κ1) is 18.6. The minimum Gasteiger partial charge on any atom is -0.444 e. The predicted molar refractivity (Wildman–Crippen MR) is 97.7 cm³/mol. The number of nitrogens with zero attached hydrogens (tertiary/aromatic N) is 1. The second-order valence-corrected chi connectivity index (χ2v) is 7.76. The first-order chi connectivity index (χ1) is 11.2. The van der Waals surface area contributed by atoms with Crippen LogP contribution in [0.3, 0.4) is 0 Å². The van der Waals surface area contributed by atoms with E-state index in [4.69, 9.17) is 16.3 Å². The van der Waals surface area contributed by atoms with Gasteiger partial charge in [0.2, 0.25) is 0 Å². The van der Waals surface area contributed by atoms with Crippen LogP contribution >= 0.6 is 15.9 Å². The van der Waals surface area contributed by atoms with Gasteiger partial charge in [-0.3, -0.25) is 10.7 Å². The molecule has 0 aliphatic heterocycles. The summed E-state index contributed by atoms with van der Waals surface area (Å²) < 4.78 is 6.62. The SMILES string of the molecule is CC(C)(C)OC(=O)N(C/C(=C/N)NN)C1CCc2cc(Br)ccc21. The van der Waals surface area contributed by atoms with Crippen molar-refractivity contribution in [2.24, 2.45) is 11.6 Å². The molecule has 5 N–H and O–H groups in total. The number of rotatable bonds is 4. The maximum atomic E-state index is 12.7. The van der Waals surface area contributed by atoms with Gasteiger partial charge in [0.05, 0.1) is 18.3 Å². The van der Waals surface area contributed by atoms with E-state index < -0.39 is 5.60 Å². The number of halogens is 1. The molecule has 132 valence electrons. The number of aryl methyl sites for hydroxylation is 1. The predicted octanol–water partition coefficient (Wildman–Crippen LogP) is 2.94. The smallest absolute Gasteiger partial charge is 0.411 e. The van der Waals surface area contributed by atoms with Gasteiger partial charge in [0.25, 0.3) is 0 Å². The van der Waals surface area contributed by atoms with Crippen molar-refractivity contribution in [1.29, 1.82) is 0 Å². The van der Waals surface area contributed by atoms with Crippen molar-refractivity contribution in [2.75, 3.05) is 6.54 Å². The van der Waals surface area contributed by atoms with Gasteiger partial charge in [0, 0.05) is 10.7 Å². The Bertz CT molecular complexity index is 640. The third-order valence-electron chi connectivity index (χ3n) is 3.88. The molecular formula is C17H25BrN4O2. The first-order valence-electron chi connectivity index (χ1n) is 7.90. The van der Waals surface area contributed by atoms with E-state index in [0.717, 1.165) is 22.9 Å². The molecule has 0 saturated carbocycles. The Hall–Kier alpha value is -1.73. The van der Waals surface area contributed by atoms with E-state index in [1.165, 1.54) is 11.8 Å². The van der Waals surface area contributed by atoms with Crippen molar-refractivity contribution in [2.45, 2.75) is 45.3 Å². The summed E-state index contributed by atoms with van der Waals surface area (Å²) in [5.74, 6) is 5.49. The molecule has 7 heteroatoms. The van der Waals surface area contributed by atoms with Gasteiger partial charge in [-0.05, 0) is 56.9 Å². The van der Waals surface area contributed by atoms with Crippen LogP contribution in [0.4, 0.5) is 4.79 Å². The number of carbonyl (C=O) groups is 1. The Morgan fingerprint density at radius 2 is 2.21 bits per heavy atom. The minimum absolute atomic E-state index is 0.0637. The molecule has 0 spiro atoms. The van der Waals surface area contributed by atoms with Crippen LogP contribution < -0.4 is 17.0 Å². The van der Waals surface area contributed by atoms with Gasteiger partial charge < -0.3 is 15.9 Å². The number of hydrogen-bond donors (Lipinski definition) is 3. The summed E-state index contributed by atoms with van der Waals surface area (Å²) in [7, 11) is 0. The molecule has 1 amide bonds. The van der Waals surface area contributed by atoms with Crippen molar-refractivity contribution in [3.63, 3.8) is 0 Å². The summed E-state index contributed by atoms with van der Waals surface area (Å²) in [6, 6.07) is 6.08. The molecule has 0 bridgehead atoms. The molecule has 0 aromatic heterocycles. The maximum Gasteiger partial charge on any atom is 0.411 e. The number of hydrazine groups is 1. The average Bonchev–Trinajstić information content (AvgIpc) is 2.89. The molecule has 1 unspecified atom stereocenters. The van der Waals surface area contributed by atoms with Crippen LogP contribution in [0.2, 0.25) is 0 Å². The number of fused-ring (bicyclic) bond motifs is 1. The minimum atomic E-state index is -0.570. The summed E-state index contributed by atoms with van der Waals surface area (Å²) in [5.41, 5.74) is 10.5. The lowest BCUT2D eigenvalue weighted by atomic mass is 10.1. The number of carbonyl (C=O) groups excluding carboxylic acids is 1. The highest BCUT2D eigenvalue weighted by Crippen LogP contribution is 2.38. The quantitative estimate of drug-likeness (QED) is 0.537. The van der Waals surface area contributed by atoms with Crippen LogP contribution in [-0.4, -0.2) is 23.1 Å². The molecule has 1 aromatic carbocycles. The van der Waals surface area contributed by atoms with Crippen LogP contribution in [0, 0.1) is 0 Å². The van der Waals surface area contributed by atoms with E-state index in [-0.39, 0.29) is 18.7 Å². The van der Waals surface area contributed by atoms with Crippen LogP contribution in [0.25, 0.3) is 0 Å². The Morgan fingerprint density at radius 1 is 1.50 bits per heavy atom. The lowest BCUT2D eigenvalue weighted by Crippen LogP contribution is -2.42. The highest BCUT2D eigenvalue weighted by molar-refractivity contribution is 9.10. The standard InChI is InChI=1S/C17H25BrN4O2/c1-17(2,3)24-16(23)22(10-13(9-19)21-20)15-7-4-11-8-12(18)5-6-14(11)15/h5-6,8-9,15,21H,4,7,10,19-20H2,1-3H3/b13-9-. The van der Waals surface area contributed by atoms with Crippen LogP contribution in [0.1, 0.15) is 44.4 Å². The van der Waals surface area contributed by atoms with Gasteiger partial charge in [-0.15, -0.1) is 0 Å². The van der Waals surface area contributed by atoms with Crippen LogP contribution in [-0.2, 0) is 11.2 Å². The molecule has 1 aromatic rings. The molecule has 0 saturated heterocycles. The Kier molecular flexibility index (Phi) is 5.77.